The van der Waals surface area contributed by atoms with Crippen LogP contribution in [0.25, 0.3) is 0 Å². The standard InChI is InChI=1S/C13H15N/c1-11-7-8-14-10-13(11)9-12-5-3-2-4-6-12/h2-6,8,10-11H,7,9H2,1H3. The molecule has 1 heteroatoms. The van der Waals surface area contributed by atoms with Crippen molar-refractivity contribution in [2.24, 2.45) is 10.9 Å². The highest BCUT2D eigenvalue weighted by molar-refractivity contribution is 5.61. The fraction of sp³-hybridized carbons (Fsp3) is 0.308. The molecule has 0 bridgehead atoms. The van der Waals surface area contributed by atoms with Gasteiger partial charge in [-0.2, -0.15) is 0 Å². The summed E-state index contributed by atoms with van der Waals surface area (Å²) < 4.78 is 0. The topological polar surface area (TPSA) is 12.4 Å². The van der Waals surface area contributed by atoms with Crippen molar-refractivity contribution in [3.63, 3.8) is 0 Å². The lowest BCUT2D eigenvalue weighted by Crippen LogP contribution is -2.06. The minimum atomic E-state index is 0.646. The maximum Gasteiger partial charge on any atom is 0.0262 e. The lowest BCUT2D eigenvalue weighted by molar-refractivity contribution is 0.687. The first kappa shape index (κ1) is 9.20. The molecular formula is C13H15N. The van der Waals surface area contributed by atoms with Crippen LogP contribution in [0.5, 0.6) is 0 Å². The first-order chi connectivity index (χ1) is 6.86. The molecule has 0 spiro atoms. The van der Waals surface area contributed by atoms with Gasteiger partial charge in [-0.25, -0.2) is 0 Å². The van der Waals surface area contributed by atoms with Crippen LogP contribution in [0.15, 0.2) is 47.1 Å². The number of nitrogens with zero attached hydrogens (tertiary/aromatic N) is 1. The molecule has 1 aliphatic heterocycles. The molecular weight excluding hydrogens is 170 g/mol. The first-order valence-corrected chi connectivity index (χ1v) is 5.11. The Balaban J connectivity index is 2.11. The Morgan fingerprint density at radius 1 is 1.29 bits per heavy atom. The van der Waals surface area contributed by atoms with Crippen molar-refractivity contribution >= 4 is 6.21 Å². The van der Waals surface area contributed by atoms with Gasteiger partial charge in [-0.3, -0.25) is 4.99 Å². The van der Waals surface area contributed by atoms with Crippen LogP contribution < -0.4 is 0 Å². The van der Waals surface area contributed by atoms with E-state index in [1.165, 1.54) is 11.1 Å². The zero-order valence-electron chi connectivity index (χ0n) is 8.48. The monoisotopic (exact) mass is 185 g/mol. The number of rotatable bonds is 2. The average molecular weight is 185 g/mol. The van der Waals surface area contributed by atoms with Crippen LogP contribution >= 0.6 is 0 Å². The van der Waals surface area contributed by atoms with Gasteiger partial charge in [0.2, 0.25) is 0 Å². The molecule has 1 aliphatic rings. The van der Waals surface area contributed by atoms with Crippen molar-refractivity contribution in [1.82, 2.24) is 0 Å². The van der Waals surface area contributed by atoms with Crippen LogP contribution in [0.1, 0.15) is 18.9 Å². The fourth-order valence-corrected chi connectivity index (χ4v) is 1.70. The largest absolute Gasteiger partial charge is 0.269 e. The number of hydrogen-bond donors (Lipinski definition) is 0. The second-order valence-electron chi connectivity index (χ2n) is 3.83. The van der Waals surface area contributed by atoms with Crippen LogP contribution in [0.4, 0.5) is 0 Å². The number of aliphatic imine (C=N–C) groups is 1. The molecule has 1 unspecified atom stereocenters. The number of hydrogen-bond acceptors (Lipinski definition) is 1. The SMILES string of the molecule is CC1CC=NC=C1Cc1ccccc1. The lowest BCUT2D eigenvalue weighted by Gasteiger charge is -2.16. The molecule has 0 radical (unpaired) electrons. The van der Waals surface area contributed by atoms with Crippen molar-refractivity contribution < 1.29 is 0 Å². The number of benzene rings is 1. The fourth-order valence-electron chi connectivity index (χ4n) is 1.70. The molecule has 0 saturated carbocycles. The summed E-state index contributed by atoms with van der Waals surface area (Å²) in [7, 11) is 0. The summed E-state index contributed by atoms with van der Waals surface area (Å²) in [5.41, 5.74) is 2.82. The Morgan fingerprint density at radius 3 is 2.79 bits per heavy atom. The second kappa shape index (κ2) is 4.23. The molecule has 0 aliphatic carbocycles. The van der Waals surface area contributed by atoms with Gasteiger partial charge in [0.05, 0.1) is 0 Å². The van der Waals surface area contributed by atoms with Gasteiger partial charge >= 0.3 is 0 Å². The zero-order valence-corrected chi connectivity index (χ0v) is 8.48. The van der Waals surface area contributed by atoms with Gasteiger partial charge in [-0.05, 0) is 29.9 Å². The summed E-state index contributed by atoms with van der Waals surface area (Å²) in [5, 5.41) is 0. The van der Waals surface area contributed by atoms with Crippen LogP contribution in [0.3, 0.4) is 0 Å². The minimum Gasteiger partial charge on any atom is -0.269 e. The summed E-state index contributed by atoms with van der Waals surface area (Å²) in [4.78, 5) is 4.22. The molecule has 0 fully saturated rings. The molecule has 2 rings (SSSR count). The van der Waals surface area contributed by atoms with Gasteiger partial charge in [-0.1, -0.05) is 37.3 Å². The van der Waals surface area contributed by atoms with Crippen LogP contribution in [0, 0.1) is 5.92 Å². The predicted octanol–water partition coefficient (Wildman–Crippen LogP) is 3.22. The van der Waals surface area contributed by atoms with Crippen molar-refractivity contribution in [2.75, 3.05) is 0 Å². The molecule has 0 aromatic heterocycles. The molecule has 1 heterocycles. The molecule has 72 valence electrons. The van der Waals surface area contributed by atoms with Crippen molar-refractivity contribution in [1.29, 1.82) is 0 Å². The van der Waals surface area contributed by atoms with Crippen LogP contribution in [-0.4, -0.2) is 6.21 Å². The quantitative estimate of drug-likeness (QED) is 0.670. The Labute approximate surface area is 85.2 Å². The normalized spacial score (nSPS) is 20.6. The Morgan fingerprint density at radius 2 is 2.07 bits per heavy atom. The smallest absolute Gasteiger partial charge is 0.0262 e. The molecule has 0 saturated heterocycles. The third-order valence-electron chi connectivity index (χ3n) is 2.69. The molecule has 14 heavy (non-hydrogen) atoms. The zero-order chi connectivity index (χ0) is 9.80. The maximum atomic E-state index is 4.22. The van der Waals surface area contributed by atoms with E-state index in [4.69, 9.17) is 0 Å². The summed E-state index contributed by atoms with van der Waals surface area (Å²) in [5.74, 6) is 0.646. The summed E-state index contributed by atoms with van der Waals surface area (Å²) in [6, 6.07) is 10.6. The van der Waals surface area contributed by atoms with Gasteiger partial charge in [-0.15, -0.1) is 0 Å². The predicted molar refractivity (Wildman–Crippen MR) is 60.5 cm³/mol. The van der Waals surface area contributed by atoms with E-state index in [1.807, 2.05) is 12.4 Å². The van der Waals surface area contributed by atoms with E-state index in [1.54, 1.807) is 0 Å². The minimum absolute atomic E-state index is 0.646. The number of allylic oxidation sites excluding steroid dienone is 1. The summed E-state index contributed by atoms with van der Waals surface area (Å²) >= 11 is 0. The van der Waals surface area contributed by atoms with E-state index in [0.29, 0.717) is 5.92 Å². The van der Waals surface area contributed by atoms with E-state index in [2.05, 4.69) is 42.2 Å². The Kier molecular flexibility index (Phi) is 2.78. The van der Waals surface area contributed by atoms with E-state index < -0.39 is 0 Å². The van der Waals surface area contributed by atoms with Gasteiger partial charge in [0.1, 0.15) is 0 Å². The van der Waals surface area contributed by atoms with E-state index in [9.17, 15) is 0 Å². The van der Waals surface area contributed by atoms with Gasteiger partial charge in [0, 0.05) is 12.4 Å². The molecule has 1 aromatic carbocycles. The Hall–Kier alpha value is -1.37. The van der Waals surface area contributed by atoms with Crippen LogP contribution in [-0.2, 0) is 6.42 Å². The van der Waals surface area contributed by atoms with E-state index >= 15 is 0 Å². The molecule has 1 atom stereocenters. The van der Waals surface area contributed by atoms with E-state index in [-0.39, 0.29) is 0 Å². The lowest BCUT2D eigenvalue weighted by atomic mass is 9.92. The molecule has 1 aromatic rings. The summed E-state index contributed by atoms with van der Waals surface area (Å²) in [6.07, 6.45) is 6.14. The van der Waals surface area contributed by atoms with E-state index in [0.717, 1.165) is 12.8 Å². The molecule has 0 amide bonds. The first-order valence-electron chi connectivity index (χ1n) is 5.11. The van der Waals surface area contributed by atoms with Crippen molar-refractivity contribution in [3.05, 3.63) is 47.7 Å². The Bertz CT molecular complexity index is 349. The second-order valence-corrected chi connectivity index (χ2v) is 3.83. The summed E-state index contributed by atoms with van der Waals surface area (Å²) in [6.45, 7) is 2.26. The maximum absolute atomic E-state index is 4.22. The highest BCUT2D eigenvalue weighted by Crippen LogP contribution is 2.21. The third-order valence-corrected chi connectivity index (χ3v) is 2.69. The van der Waals surface area contributed by atoms with Gasteiger partial charge < -0.3 is 0 Å². The molecule has 0 N–H and O–H groups in total. The van der Waals surface area contributed by atoms with Crippen molar-refractivity contribution in [2.45, 2.75) is 19.8 Å². The third kappa shape index (κ3) is 2.11. The van der Waals surface area contributed by atoms with Crippen LogP contribution in [0.2, 0.25) is 0 Å². The molecule has 1 nitrogen and oxygen atoms in total. The van der Waals surface area contributed by atoms with Gasteiger partial charge in [0.25, 0.3) is 0 Å². The highest BCUT2D eigenvalue weighted by Gasteiger charge is 2.10. The van der Waals surface area contributed by atoms with Gasteiger partial charge in [0.15, 0.2) is 0 Å². The highest BCUT2D eigenvalue weighted by atomic mass is 14.7. The van der Waals surface area contributed by atoms with Crippen molar-refractivity contribution in [3.8, 4) is 0 Å². The average Bonchev–Trinajstić information content (AvgIpc) is 2.23.